The predicted octanol–water partition coefficient (Wildman–Crippen LogP) is 2.75. The van der Waals surface area contributed by atoms with Gasteiger partial charge in [0.05, 0.1) is 6.04 Å². The average molecular weight is 393 g/mol. The number of H-pyrrole nitrogens is 1. The molecule has 2 aromatic rings. The number of aromatic nitrogens is 1. The van der Waals surface area contributed by atoms with Crippen LogP contribution in [-0.2, 0) is 11.2 Å². The highest BCUT2D eigenvalue weighted by molar-refractivity contribution is 5.77. The van der Waals surface area contributed by atoms with Crippen molar-refractivity contribution in [2.75, 3.05) is 19.6 Å². The molecule has 2 heterocycles. The van der Waals surface area contributed by atoms with Crippen LogP contribution in [0, 0.1) is 25.2 Å². The van der Waals surface area contributed by atoms with Crippen LogP contribution in [0.2, 0.25) is 0 Å². The molecular weight excluding hydrogens is 364 g/mol. The first-order valence-corrected chi connectivity index (χ1v) is 10.2. The molecular formula is C23H28N4O2. The van der Waals surface area contributed by atoms with Gasteiger partial charge in [0.2, 0.25) is 5.91 Å². The molecule has 6 heteroatoms. The SMILES string of the molecule is Cc1[nH]c(=O)c(C#N)c(C)c1CCC(=O)NC(CN1CCCC1)c1ccccc1. The first kappa shape index (κ1) is 20.8. The van der Waals surface area contributed by atoms with E-state index in [9.17, 15) is 14.9 Å². The number of carbonyl (C=O) groups is 1. The molecule has 1 aromatic heterocycles. The smallest absolute Gasteiger partial charge is 0.266 e. The molecule has 1 aromatic carbocycles. The molecule has 1 aliphatic rings. The van der Waals surface area contributed by atoms with E-state index in [1.807, 2.05) is 31.2 Å². The highest BCUT2D eigenvalue weighted by Crippen LogP contribution is 2.19. The number of carbonyl (C=O) groups excluding carboxylic acids is 1. The number of hydrogen-bond acceptors (Lipinski definition) is 4. The molecule has 1 amide bonds. The van der Waals surface area contributed by atoms with Gasteiger partial charge in [-0.25, -0.2) is 0 Å². The summed E-state index contributed by atoms with van der Waals surface area (Å²) in [5, 5.41) is 12.4. The Kier molecular flexibility index (Phi) is 6.84. The molecule has 6 nitrogen and oxygen atoms in total. The second kappa shape index (κ2) is 9.53. The Balaban J connectivity index is 1.69. The number of aryl methyl sites for hydroxylation is 1. The Hall–Kier alpha value is -2.91. The minimum atomic E-state index is -0.370. The molecule has 1 aliphatic heterocycles. The summed E-state index contributed by atoms with van der Waals surface area (Å²) in [7, 11) is 0. The Labute approximate surface area is 171 Å². The second-order valence-electron chi connectivity index (χ2n) is 7.71. The number of nitrogens with zero attached hydrogens (tertiary/aromatic N) is 2. The zero-order valence-electron chi connectivity index (χ0n) is 17.1. The van der Waals surface area contributed by atoms with E-state index in [0.29, 0.717) is 18.4 Å². The number of benzene rings is 1. The van der Waals surface area contributed by atoms with E-state index < -0.39 is 0 Å². The number of pyridine rings is 1. The third-order valence-corrected chi connectivity index (χ3v) is 5.70. The Morgan fingerprint density at radius 3 is 2.59 bits per heavy atom. The highest BCUT2D eigenvalue weighted by atomic mass is 16.1. The fourth-order valence-corrected chi connectivity index (χ4v) is 4.07. The second-order valence-corrected chi connectivity index (χ2v) is 7.71. The summed E-state index contributed by atoms with van der Waals surface area (Å²) in [6.45, 7) is 6.54. The van der Waals surface area contributed by atoms with E-state index in [0.717, 1.165) is 36.5 Å². The molecule has 1 unspecified atom stereocenters. The lowest BCUT2D eigenvalue weighted by molar-refractivity contribution is -0.121. The standard InChI is InChI=1S/C23H28N4O2/c1-16-19(17(2)25-23(29)20(16)14-24)10-11-22(28)26-21(15-27-12-6-7-13-27)18-8-4-3-5-9-18/h3-5,8-9,21H,6-7,10-13,15H2,1-2H3,(H,25,29)(H,26,28). The molecule has 0 aliphatic carbocycles. The molecule has 0 radical (unpaired) electrons. The van der Waals surface area contributed by atoms with Crippen LogP contribution in [0.15, 0.2) is 35.1 Å². The summed E-state index contributed by atoms with van der Waals surface area (Å²) in [5.41, 5.74) is 3.12. The van der Waals surface area contributed by atoms with Crippen molar-refractivity contribution >= 4 is 5.91 Å². The van der Waals surface area contributed by atoms with E-state index >= 15 is 0 Å². The molecule has 29 heavy (non-hydrogen) atoms. The maximum atomic E-state index is 12.8. The molecule has 1 saturated heterocycles. The van der Waals surface area contributed by atoms with Gasteiger partial charge in [0.15, 0.2) is 0 Å². The normalized spacial score (nSPS) is 15.1. The molecule has 1 fully saturated rings. The van der Waals surface area contributed by atoms with Crippen molar-refractivity contribution in [3.05, 3.63) is 68.6 Å². The minimum Gasteiger partial charge on any atom is -0.348 e. The molecule has 0 saturated carbocycles. The average Bonchev–Trinajstić information content (AvgIpc) is 3.21. The summed E-state index contributed by atoms with van der Waals surface area (Å²) in [6.07, 6.45) is 3.21. The maximum Gasteiger partial charge on any atom is 0.266 e. The minimum absolute atomic E-state index is 0.0263. The van der Waals surface area contributed by atoms with Crippen LogP contribution in [0.25, 0.3) is 0 Å². The van der Waals surface area contributed by atoms with Gasteiger partial charge in [-0.3, -0.25) is 9.59 Å². The summed E-state index contributed by atoms with van der Waals surface area (Å²) in [5.74, 6) is -0.0263. The molecule has 0 bridgehead atoms. The summed E-state index contributed by atoms with van der Waals surface area (Å²) < 4.78 is 0. The van der Waals surface area contributed by atoms with Crippen molar-refractivity contribution in [1.29, 1.82) is 5.26 Å². The van der Waals surface area contributed by atoms with Crippen molar-refractivity contribution in [2.24, 2.45) is 0 Å². The summed E-state index contributed by atoms with van der Waals surface area (Å²) >= 11 is 0. The number of rotatable bonds is 7. The first-order chi connectivity index (χ1) is 14.0. The number of hydrogen-bond donors (Lipinski definition) is 2. The van der Waals surface area contributed by atoms with Crippen molar-refractivity contribution in [2.45, 2.75) is 45.6 Å². The summed E-state index contributed by atoms with van der Waals surface area (Å²) in [6, 6.07) is 12.0. The lowest BCUT2D eigenvalue weighted by Crippen LogP contribution is -2.37. The van der Waals surface area contributed by atoms with Crippen LogP contribution >= 0.6 is 0 Å². The topological polar surface area (TPSA) is 89.0 Å². The first-order valence-electron chi connectivity index (χ1n) is 10.2. The summed E-state index contributed by atoms with van der Waals surface area (Å²) in [4.78, 5) is 29.8. The Bertz CT molecular complexity index is 953. The fourth-order valence-electron chi connectivity index (χ4n) is 4.07. The maximum absolute atomic E-state index is 12.8. The molecule has 0 spiro atoms. The van der Waals surface area contributed by atoms with Crippen LogP contribution in [0.1, 0.15) is 53.3 Å². The van der Waals surface area contributed by atoms with Crippen LogP contribution < -0.4 is 10.9 Å². The zero-order chi connectivity index (χ0) is 20.8. The van der Waals surface area contributed by atoms with Gasteiger partial charge < -0.3 is 15.2 Å². The highest BCUT2D eigenvalue weighted by Gasteiger charge is 2.21. The Morgan fingerprint density at radius 1 is 1.24 bits per heavy atom. The largest absolute Gasteiger partial charge is 0.348 e. The van der Waals surface area contributed by atoms with E-state index in [2.05, 4.69) is 27.3 Å². The number of aromatic amines is 1. The number of nitrogens with one attached hydrogen (secondary N) is 2. The van der Waals surface area contributed by atoms with Gasteiger partial charge in [0.25, 0.3) is 5.56 Å². The van der Waals surface area contributed by atoms with Gasteiger partial charge >= 0.3 is 0 Å². The van der Waals surface area contributed by atoms with E-state index in [4.69, 9.17) is 0 Å². The van der Waals surface area contributed by atoms with E-state index in [1.54, 1.807) is 6.92 Å². The lowest BCUT2D eigenvalue weighted by atomic mass is 9.98. The predicted molar refractivity (Wildman–Crippen MR) is 113 cm³/mol. The van der Waals surface area contributed by atoms with Gasteiger partial charge in [-0.05, 0) is 62.9 Å². The molecule has 2 N–H and O–H groups in total. The van der Waals surface area contributed by atoms with Crippen molar-refractivity contribution in [1.82, 2.24) is 15.2 Å². The van der Waals surface area contributed by atoms with Gasteiger partial charge in [0, 0.05) is 18.7 Å². The third kappa shape index (κ3) is 5.12. The lowest BCUT2D eigenvalue weighted by Gasteiger charge is -2.25. The van der Waals surface area contributed by atoms with Gasteiger partial charge in [-0.1, -0.05) is 30.3 Å². The van der Waals surface area contributed by atoms with Crippen molar-refractivity contribution < 1.29 is 4.79 Å². The van der Waals surface area contributed by atoms with Gasteiger partial charge in [0.1, 0.15) is 11.6 Å². The monoisotopic (exact) mass is 392 g/mol. The fraction of sp³-hybridized carbons (Fsp3) is 0.435. The van der Waals surface area contributed by atoms with Gasteiger partial charge in [-0.15, -0.1) is 0 Å². The van der Waals surface area contributed by atoms with Gasteiger partial charge in [-0.2, -0.15) is 5.26 Å². The zero-order valence-corrected chi connectivity index (χ0v) is 17.1. The van der Waals surface area contributed by atoms with Crippen molar-refractivity contribution in [3.8, 4) is 6.07 Å². The third-order valence-electron chi connectivity index (χ3n) is 5.70. The van der Waals surface area contributed by atoms with E-state index in [-0.39, 0.29) is 23.1 Å². The quantitative estimate of drug-likeness (QED) is 0.758. The van der Waals surface area contributed by atoms with Crippen LogP contribution in [-0.4, -0.2) is 35.4 Å². The van der Waals surface area contributed by atoms with Crippen LogP contribution in [0.5, 0.6) is 0 Å². The molecule has 152 valence electrons. The molecule has 1 atom stereocenters. The number of amides is 1. The van der Waals surface area contributed by atoms with Crippen LogP contribution in [0.3, 0.4) is 0 Å². The van der Waals surface area contributed by atoms with E-state index in [1.165, 1.54) is 12.8 Å². The molecule has 3 rings (SSSR count). The number of nitriles is 1. The van der Waals surface area contributed by atoms with Crippen molar-refractivity contribution in [3.63, 3.8) is 0 Å². The van der Waals surface area contributed by atoms with Crippen LogP contribution in [0.4, 0.5) is 0 Å². The number of likely N-dealkylation sites (tertiary alicyclic amines) is 1. The Morgan fingerprint density at radius 2 is 1.93 bits per heavy atom.